The number of aromatic nitrogens is 2. The molecule has 4 heteroatoms. The van der Waals surface area contributed by atoms with Gasteiger partial charge in [-0.05, 0) is 31.4 Å². The Morgan fingerprint density at radius 1 is 1.47 bits per heavy atom. The van der Waals surface area contributed by atoms with Gasteiger partial charge in [-0.3, -0.25) is 0 Å². The molecule has 1 aromatic heterocycles. The molecular weight excluding hydrogens is 238 g/mol. The van der Waals surface area contributed by atoms with Crippen LogP contribution in [-0.2, 0) is 18.2 Å². The summed E-state index contributed by atoms with van der Waals surface area (Å²) in [7, 11) is 2.01. The SMILES string of the molecule is Cn1c(CC2CCCCO2)nc2c(C#N)cccc21. The summed E-state index contributed by atoms with van der Waals surface area (Å²) in [4.78, 5) is 4.64. The maximum absolute atomic E-state index is 9.13. The van der Waals surface area contributed by atoms with Gasteiger partial charge in [-0.2, -0.15) is 5.26 Å². The zero-order valence-electron chi connectivity index (χ0n) is 11.1. The highest BCUT2D eigenvalue weighted by molar-refractivity contribution is 5.82. The number of para-hydroxylation sites is 1. The van der Waals surface area contributed by atoms with Crippen molar-refractivity contribution in [2.24, 2.45) is 7.05 Å². The van der Waals surface area contributed by atoms with Gasteiger partial charge in [0.05, 0.1) is 17.2 Å². The first-order valence-corrected chi connectivity index (χ1v) is 6.75. The molecule has 0 saturated carbocycles. The fourth-order valence-corrected chi connectivity index (χ4v) is 2.71. The van der Waals surface area contributed by atoms with Crippen molar-refractivity contribution >= 4 is 11.0 Å². The quantitative estimate of drug-likeness (QED) is 0.828. The van der Waals surface area contributed by atoms with Crippen molar-refractivity contribution < 1.29 is 4.74 Å². The third kappa shape index (κ3) is 2.22. The Hall–Kier alpha value is -1.86. The first-order valence-electron chi connectivity index (χ1n) is 6.75. The zero-order chi connectivity index (χ0) is 13.2. The third-order valence-corrected chi connectivity index (χ3v) is 3.81. The number of hydrogen-bond acceptors (Lipinski definition) is 3. The summed E-state index contributed by atoms with van der Waals surface area (Å²) in [6, 6.07) is 7.94. The molecule has 0 amide bonds. The molecule has 98 valence electrons. The Kier molecular flexibility index (Phi) is 3.22. The van der Waals surface area contributed by atoms with Crippen LogP contribution in [0.4, 0.5) is 0 Å². The second-order valence-corrected chi connectivity index (χ2v) is 5.06. The minimum absolute atomic E-state index is 0.273. The third-order valence-electron chi connectivity index (χ3n) is 3.81. The molecule has 1 aliphatic rings. The van der Waals surface area contributed by atoms with Gasteiger partial charge in [0.1, 0.15) is 17.4 Å². The van der Waals surface area contributed by atoms with E-state index in [-0.39, 0.29) is 6.10 Å². The second kappa shape index (κ2) is 5.02. The molecule has 1 fully saturated rings. The van der Waals surface area contributed by atoms with E-state index >= 15 is 0 Å². The van der Waals surface area contributed by atoms with Crippen LogP contribution in [-0.4, -0.2) is 22.3 Å². The van der Waals surface area contributed by atoms with Crippen LogP contribution in [0, 0.1) is 11.3 Å². The Balaban J connectivity index is 1.95. The summed E-state index contributed by atoms with van der Waals surface area (Å²) in [5, 5.41) is 9.13. The van der Waals surface area contributed by atoms with Gasteiger partial charge in [0, 0.05) is 20.1 Å². The number of benzene rings is 1. The lowest BCUT2D eigenvalue weighted by molar-refractivity contribution is 0.0153. The largest absolute Gasteiger partial charge is 0.378 e. The summed E-state index contributed by atoms with van der Waals surface area (Å²) in [5.74, 6) is 1.00. The molecule has 1 atom stereocenters. The second-order valence-electron chi connectivity index (χ2n) is 5.06. The van der Waals surface area contributed by atoms with Crippen LogP contribution in [0.3, 0.4) is 0 Å². The summed E-state index contributed by atoms with van der Waals surface area (Å²) >= 11 is 0. The predicted octanol–water partition coefficient (Wildman–Crippen LogP) is 2.56. The smallest absolute Gasteiger partial charge is 0.112 e. The highest BCUT2D eigenvalue weighted by Crippen LogP contribution is 2.22. The molecule has 1 unspecified atom stereocenters. The van der Waals surface area contributed by atoms with E-state index in [1.807, 2.05) is 25.2 Å². The average Bonchev–Trinajstić information content (AvgIpc) is 2.77. The van der Waals surface area contributed by atoms with Gasteiger partial charge in [0.2, 0.25) is 0 Å². The maximum atomic E-state index is 9.13. The molecule has 0 spiro atoms. The van der Waals surface area contributed by atoms with Crippen LogP contribution in [0.2, 0.25) is 0 Å². The topological polar surface area (TPSA) is 50.8 Å². The molecule has 1 aliphatic heterocycles. The number of hydrogen-bond donors (Lipinski definition) is 0. The normalized spacial score (nSPS) is 19.5. The van der Waals surface area contributed by atoms with Crippen LogP contribution in [0.15, 0.2) is 18.2 Å². The fourth-order valence-electron chi connectivity index (χ4n) is 2.71. The van der Waals surface area contributed by atoms with Crippen LogP contribution in [0.5, 0.6) is 0 Å². The van der Waals surface area contributed by atoms with Crippen molar-refractivity contribution in [1.82, 2.24) is 9.55 Å². The Morgan fingerprint density at radius 2 is 2.37 bits per heavy atom. The van der Waals surface area contributed by atoms with Crippen LogP contribution in [0.1, 0.15) is 30.7 Å². The first-order chi connectivity index (χ1) is 9.29. The van der Waals surface area contributed by atoms with Crippen molar-refractivity contribution in [3.05, 3.63) is 29.6 Å². The highest BCUT2D eigenvalue weighted by Gasteiger charge is 2.18. The summed E-state index contributed by atoms with van der Waals surface area (Å²) in [6.07, 6.45) is 4.61. The lowest BCUT2D eigenvalue weighted by Gasteiger charge is -2.22. The summed E-state index contributed by atoms with van der Waals surface area (Å²) < 4.78 is 7.85. The Morgan fingerprint density at radius 3 is 3.11 bits per heavy atom. The standard InChI is InChI=1S/C15H17N3O/c1-18-13-7-4-5-11(10-16)15(13)17-14(18)9-12-6-2-3-8-19-12/h4-5,7,12H,2-3,6,8-9H2,1H3. The number of fused-ring (bicyclic) bond motifs is 1. The van der Waals surface area contributed by atoms with E-state index in [2.05, 4.69) is 15.6 Å². The lowest BCUT2D eigenvalue weighted by atomic mass is 10.1. The van der Waals surface area contributed by atoms with E-state index < -0.39 is 0 Å². The molecule has 3 rings (SSSR count). The van der Waals surface area contributed by atoms with Gasteiger partial charge in [0.15, 0.2) is 0 Å². The van der Waals surface area contributed by atoms with Crippen LogP contribution in [0.25, 0.3) is 11.0 Å². The minimum atomic E-state index is 0.273. The number of rotatable bonds is 2. The molecule has 0 bridgehead atoms. The van der Waals surface area contributed by atoms with Crippen LogP contribution < -0.4 is 0 Å². The van der Waals surface area contributed by atoms with Crippen molar-refractivity contribution in [2.75, 3.05) is 6.61 Å². The molecule has 19 heavy (non-hydrogen) atoms. The van der Waals surface area contributed by atoms with Gasteiger partial charge in [0.25, 0.3) is 0 Å². The summed E-state index contributed by atoms with van der Waals surface area (Å²) in [6.45, 7) is 0.859. The van der Waals surface area contributed by atoms with Crippen molar-refractivity contribution in [1.29, 1.82) is 5.26 Å². The predicted molar refractivity (Wildman–Crippen MR) is 72.7 cm³/mol. The van der Waals surface area contributed by atoms with E-state index in [4.69, 9.17) is 10.00 Å². The van der Waals surface area contributed by atoms with Gasteiger partial charge >= 0.3 is 0 Å². The molecule has 2 heterocycles. The Bertz CT molecular complexity index is 633. The molecular formula is C15H17N3O. The van der Waals surface area contributed by atoms with Gasteiger partial charge in [-0.1, -0.05) is 6.07 Å². The number of nitrogens with zero attached hydrogens (tertiary/aromatic N) is 3. The molecule has 0 N–H and O–H groups in total. The fraction of sp³-hybridized carbons (Fsp3) is 0.467. The van der Waals surface area contributed by atoms with Crippen molar-refractivity contribution in [3.8, 4) is 6.07 Å². The number of ether oxygens (including phenoxy) is 1. The summed E-state index contributed by atoms with van der Waals surface area (Å²) in [5.41, 5.74) is 2.46. The van der Waals surface area contributed by atoms with Crippen molar-refractivity contribution in [3.63, 3.8) is 0 Å². The van der Waals surface area contributed by atoms with E-state index in [9.17, 15) is 0 Å². The van der Waals surface area contributed by atoms with Crippen LogP contribution >= 0.6 is 0 Å². The number of nitriles is 1. The van der Waals surface area contributed by atoms with Gasteiger partial charge in [-0.15, -0.1) is 0 Å². The van der Waals surface area contributed by atoms with E-state index in [1.54, 1.807) is 0 Å². The van der Waals surface area contributed by atoms with Gasteiger partial charge in [-0.25, -0.2) is 4.98 Å². The van der Waals surface area contributed by atoms with E-state index in [1.165, 1.54) is 6.42 Å². The molecule has 0 aliphatic carbocycles. The Labute approximate surface area is 112 Å². The number of aryl methyl sites for hydroxylation is 1. The molecule has 0 radical (unpaired) electrons. The number of imidazole rings is 1. The van der Waals surface area contributed by atoms with E-state index in [0.29, 0.717) is 5.56 Å². The van der Waals surface area contributed by atoms with Gasteiger partial charge < -0.3 is 9.30 Å². The maximum Gasteiger partial charge on any atom is 0.112 e. The monoisotopic (exact) mass is 255 g/mol. The molecule has 4 nitrogen and oxygen atoms in total. The molecule has 2 aromatic rings. The first kappa shape index (κ1) is 12.2. The van der Waals surface area contributed by atoms with E-state index in [0.717, 1.165) is 42.7 Å². The average molecular weight is 255 g/mol. The molecule has 1 aromatic carbocycles. The highest BCUT2D eigenvalue weighted by atomic mass is 16.5. The lowest BCUT2D eigenvalue weighted by Crippen LogP contribution is -2.22. The molecule has 1 saturated heterocycles. The van der Waals surface area contributed by atoms with Crippen molar-refractivity contribution in [2.45, 2.75) is 31.8 Å². The minimum Gasteiger partial charge on any atom is -0.378 e. The zero-order valence-corrected chi connectivity index (χ0v) is 11.1.